The Morgan fingerprint density at radius 2 is 1.50 bits per heavy atom. The summed E-state index contributed by atoms with van der Waals surface area (Å²) in [7, 11) is 0. The van der Waals surface area contributed by atoms with Crippen LogP contribution in [0.3, 0.4) is 0 Å². The van der Waals surface area contributed by atoms with E-state index in [0.29, 0.717) is 47.8 Å². The molecule has 1 saturated heterocycles. The molecule has 5 rings (SSSR count). The van der Waals surface area contributed by atoms with Crippen LogP contribution in [0.25, 0.3) is 6.08 Å². The normalized spacial score (nSPS) is 15.2. The van der Waals surface area contributed by atoms with Gasteiger partial charge in [-0.15, -0.1) is 0 Å². The zero-order chi connectivity index (χ0) is 28.2. The first-order chi connectivity index (χ1) is 19.3. The highest BCUT2D eigenvalue weighted by atomic mass is 35.5. The summed E-state index contributed by atoms with van der Waals surface area (Å²) in [6, 6.07) is 25.1. The number of hydrogen-bond acceptors (Lipinski definition) is 6. The van der Waals surface area contributed by atoms with Gasteiger partial charge in [0.05, 0.1) is 21.2 Å². The van der Waals surface area contributed by atoms with Gasteiger partial charge in [0.1, 0.15) is 12.4 Å². The number of hydrogen-bond donors (Lipinski definition) is 0. The van der Waals surface area contributed by atoms with E-state index in [9.17, 15) is 14.9 Å². The molecule has 0 N–H and O–H groups in total. The van der Waals surface area contributed by atoms with E-state index in [1.807, 2.05) is 0 Å². The molecule has 1 aliphatic heterocycles. The van der Waals surface area contributed by atoms with Gasteiger partial charge >= 0.3 is 0 Å². The van der Waals surface area contributed by atoms with Gasteiger partial charge in [-0.25, -0.2) is 4.99 Å². The lowest BCUT2D eigenvalue weighted by molar-refractivity contribution is -0.384. The number of halogens is 3. The quantitative estimate of drug-likeness (QED) is 0.118. The summed E-state index contributed by atoms with van der Waals surface area (Å²) in [5.74, 6) is 0.214. The molecule has 1 fully saturated rings. The molecular weight excluding hydrogens is 593 g/mol. The van der Waals surface area contributed by atoms with Crippen molar-refractivity contribution < 1.29 is 14.5 Å². The van der Waals surface area contributed by atoms with Crippen LogP contribution in [-0.4, -0.2) is 16.0 Å². The summed E-state index contributed by atoms with van der Waals surface area (Å²) in [6.07, 6.45) is 1.71. The van der Waals surface area contributed by atoms with Crippen LogP contribution >= 0.6 is 46.6 Å². The number of nitro benzene ring substituents is 1. The lowest BCUT2D eigenvalue weighted by Crippen LogP contribution is -2.28. The van der Waals surface area contributed by atoms with Crippen molar-refractivity contribution in [2.45, 2.75) is 6.61 Å². The number of benzene rings is 4. The minimum absolute atomic E-state index is 0.00116. The van der Waals surface area contributed by atoms with E-state index in [1.165, 1.54) is 28.8 Å². The molecule has 0 bridgehead atoms. The highest BCUT2D eigenvalue weighted by Gasteiger charge is 2.35. The average Bonchev–Trinajstić information content (AvgIpc) is 3.24. The van der Waals surface area contributed by atoms with Crippen LogP contribution < -0.4 is 9.64 Å². The van der Waals surface area contributed by atoms with E-state index >= 15 is 0 Å². The Morgan fingerprint density at radius 3 is 2.15 bits per heavy atom. The molecule has 0 radical (unpaired) electrons. The number of nitro groups is 1. The van der Waals surface area contributed by atoms with Crippen LogP contribution in [0.1, 0.15) is 11.1 Å². The maximum atomic E-state index is 13.7. The predicted octanol–water partition coefficient (Wildman–Crippen LogP) is 8.94. The van der Waals surface area contributed by atoms with Crippen molar-refractivity contribution in [2.75, 3.05) is 4.90 Å². The van der Waals surface area contributed by atoms with Crippen LogP contribution in [0.15, 0.2) is 101 Å². The Balaban J connectivity index is 1.47. The first kappa shape index (κ1) is 27.7. The second-order valence-corrected chi connectivity index (χ2v) is 10.8. The van der Waals surface area contributed by atoms with Crippen molar-refractivity contribution in [3.8, 4) is 5.75 Å². The Bertz CT molecular complexity index is 1640. The smallest absolute Gasteiger partial charge is 0.271 e. The molecule has 4 aromatic carbocycles. The van der Waals surface area contributed by atoms with E-state index in [-0.39, 0.29) is 18.2 Å². The predicted molar refractivity (Wildman–Crippen MR) is 162 cm³/mol. The molecular formula is C29H18Cl3N3O4S. The number of rotatable bonds is 7. The SMILES string of the molecule is O=C1/C(=C/c2cc(Cl)ccc2OCc2ccc([N+](=O)[O-])cc2)SC(=Nc2ccc(Cl)cc2)N1c1ccc(Cl)cc1. The van der Waals surface area contributed by atoms with Gasteiger partial charge in [0.2, 0.25) is 0 Å². The molecule has 7 nitrogen and oxygen atoms in total. The molecule has 0 unspecified atom stereocenters. The van der Waals surface area contributed by atoms with E-state index in [2.05, 4.69) is 0 Å². The monoisotopic (exact) mass is 609 g/mol. The third-order valence-electron chi connectivity index (χ3n) is 5.74. The number of carbonyl (C=O) groups excluding carboxylic acids is 1. The molecule has 0 aliphatic carbocycles. The zero-order valence-electron chi connectivity index (χ0n) is 20.5. The highest BCUT2D eigenvalue weighted by molar-refractivity contribution is 8.19. The largest absolute Gasteiger partial charge is 0.488 e. The molecule has 1 aliphatic rings. The molecule has 0 spiro atoms. The van der Waals surface area contributed by atoms with E-state index in [0.717, 1.165) is 5.56 Å². The van der Waals surface area contributed by atoms with Gasteiger partial charge in [0.15, 0.2) is 5.17 Å². The van der Waals surface area contributed by atoms with Crippen molar-refractivity contribution in [1.82, 2.24) is 0 Å². The lowest BCUT2D eigenvalue weighted by Gasteiger charge is -2.15. The molecule has 4 aromatic rings. The first-order valence-electron chi connectivity index (χ1n) is 11.8. The van der Waals surface area contributed by atoms with E-state index < -0.39 is 4.92 Å². The Kier molecular flexibility index (Phi) is 8.42. The molecule has 1 heterocycles. The Hall–Kier alpha value is -3.82. The van der Waals surface area contributed by atoms with Gasteiger partial charge in [0.25, 0.3) is 11.6 Å². The fourth-order valence-electron chi connectivity index (χ4n) is 3.77. The molecule has 0 saturated carbocycles. The van der Waals surface area contributed by atoms with Crippen LogP contribution in [0.2, 0.25) is 15.1 Å². The Labute approximate surface area is 248 Å². The van der Waals surface area contributed by atoms with Gasteiger partial charge in [0, 0.05) is 32.8 Å². The first-order valence-corrected chi connectivity index (χ1v) is 13.7. The van der Waals surface area contributed by atoms with Crippen LogP contribution in [0.5, 0.6) is 5.75 Å². The lowest BCUT2D eigenvalue weighted by atomic mass is 10.1. The third kappa shape index (κ3) is 6.48. The molecule has 200 valence electrons. The summed E-state index contributed by atoms with van der Waals surface area (Å²) in [5, 5.41) is 13.0. The number of thioether (sulfide) groups is 1. The number of amidine groups is 1. The Morgan fingerprint density at radius 1 is 0.875 bits per heavy atom. The minimum Gasteiger partial charge on any atom is -0.488 e. The summed E-state index contributed by atoms with van der Waals surface area (Å²) in [5.41, 5.74) is 2.58. The van der Waals surface area contributed by atoms with Gasteiger partial charge < -0.3 is 4.74 Å². The molecule has 0 atom stereocenters. The van der Waals surface area contributed by atoms with Gasteiger partial charge in [-0.05, 0) is 102 Å². The van der Waals surface area contributed by atoms with Crippen molar-refractivity contribution in [3.05, 3.63) is 132 Å². The van der Waals surface area contributed by atoms with Crippen molar-refractivity contribution in [1.29, 1.82) is 0 Å². The second kappa shape index (κ2) is 12.1. The van der Waals surface area contributed by atoms with Crippen molar-refractivity contribution in [3.63, 3.8) is 0 Å². The molecule has 0 aromatic heterocycles. The van der Waals surface area contributed by atoms with Crippen molar-refractivity contribution >= 4 is 80.8 Å². The number of anilines is 1. The number of amides is 1. The number of non-ortho nitro benzene ring substituents is 1. The topological polar surface area (TPSA) is 85.0 Å². The third-order valence-corrected chi connectivity index (χ3v) is 7.45. The molecule has 40 heavy (non-hydrogen) atoms. The average molecular weight is 611 g/mol. The van der Waals surface area contributed by atoms with Crippen molar-refractivity contribution in [2.24, 2.45) is 4.99 Å². The fraction of sp³-hybridized carbons (Fsp3) is 0.0345. The maximum absolute atomic E-state index is 13.7. The summed E-state index contributed by atoms with van der Waals surface area (Å²) < 4.78 is 6.02. The van der Waals surface area contributed by atoms with E-state index in [1.54, 1.807) is 84.9 Å². The van der Waals surface area contributed by atoms with Crippen LogP contribution in [-0.2, 0) is 11.4 Å². The van der Waals surface area contributed by atoms with E-state index in [4.69, 9.17) is 44.5 Å². The molecule has 1 amide bonds. The highest BCUT2D eigenvalue weighted by Crippen LogP contribution is 2.39. The van der Waals surface area contributed by atoms with Crippen LogP contribution in [0, 0.1) is 10.1 Å². The zero-order valence-corrected chi connectivity index (χ0v) is 23.5. The number of ether oxygens (including phenoxy) is 1. The summed E-state index contributed by atoms with van der Waals surface area (Å²) in [6.45, 7) is 0.164. The van der Waals surface area contributed by atoms with Gasteiger partial charge in [-0.3, -0.25) is 19.8 Å². The minimum atomic E-state index is -0.456. The fourth-order valence-corrected chi connectivity index (χ4v) is 5.20. The van der Waals surface area contributed by atoms with Gasteiger partial charge in [-0.2, -0.15) is 0 Å². The number of aliphatic imine (C=N–C) groups is 1. The molecule has 11 heteroatoms. The number of carbonyl (C=O) groups is 1. The van der Waals surface area contributed by atoms with Crippen LogP contribution in [0.4, 0.5) is 17.1 Å². The number of nitrogens with zero attached hydrogens (tertiary/aromatic N) is 3. The standard InChI is InChI=1S/C29H18Cl3N3O4S/c30-20-3-8-23(9-4-20)33-29-34(24-12-5-21(31)6-13-24)28(36)27(40-29)16-19-15-22(32)7-14-26(19)39-17-18-1-10-25(11-2-18)35(37)38/h1-16H,17H2/b27-16-,33-29?. The van der Waals surface area contributed by atoms with Gasteiger partial charge in [-0.1, -0.05) is 34.8 Å². The second-order valence-electron chi connectivity index (χ2n) is 8.49. The summed E-state index contributed by atoms with van der Waals surface area (Å²) >= 11 is 19.6. The maximum Gasteiger partial charge on any atom is 0.271 e. The summed E-state index contributed by atoms with van der Waals surface area (Å²) in [4.78, 5) is 30.8.